The molecule has 220 valence electrons. The van der Waals surface area contributed by atoms with Crippen molar-refractivity contribution in [3.8, 4) is 28.1 Å². The van der Waals surface area contributed by atoms with E-state index in [1.54, 1.807) is 0 Å². The zero-order valence-corrected chi connectivity index (χ0v) is 25.2. The number of furan rings is 1. The van der Waals surface area contributed by atoms with Crippen LogP contribution in [0.3, 0.4) is 0 Å². The second-order valence-electron chi connectivity index (χ2n) is 12.0. The summed E-state index contributed by atoms with van der Waals surface area (Å²) in [4.78, 5) is 0. The van der Waals surface area contributed by atoms with E-state index >= 15 is 0 Å². The Kier molecular flexibility index (Phi) is 5.69. The summed E-state index contributed by atoms with van der Waals surface area (Å²) in [6, 6.07) is 39.2. The number of hydrogen-bond donors (Lipinski definition) is 0. The largest absolute Gasteiger partial charge is 0.454 e. The topological polar surface area (TPSA) is 21.9 Å². The summed E-state index contributed by atoms with van der Waals surface area (Å²) in [6.45, 7) is 2.13. The van der Waals surface area contributed by atoms with Crippen LogP contribution in [0.15, 0.2) is 132 Å². The Morgan fingerprint density at radius 2 is 1.30 bits per heavy atom. The van der Waals surface area contributed by atoms with Gasteiger partial charge in [-0.05, 0) is 77.5 Å². The maximum absolute atomic E-state index is 14.0. The Bertz CT molecular complexity index is 2660. The Morgan fingerprint density at radius 3 is 2.13 bits per heavy atom. The van der Waals surface area contributed by atoms with Crippen molar-refractivity contribution in [3.05, 3.63) is 145 Å². The van der Waals surface area contributed by atoms with Gasteiger partial charge in [-0.15, -0.1) is 0 Å². The molecule has 0 spiro atoms. The fraction of sp³-hybridized carbons (Fsp3) is 0.0488. The minimum Gasteiger partial charge on any atom is -0.454 e. The number of nitrogens with zero attached hydrogens (tertiary/aromatic N) is 2. The molecule has 0 unspecified atom stereocenters. The van der Waals surface area contributed by atoms with Crippen molar-refractivity contribution in [1.29, 1.82) is 0 Å². The van der Waals surface area contributed by atoms with Crippen molar-refractivity contribution in [2.45, 2.75) is 6.92 Å². The van der Waals surface area contributed by atoms with Gasteiger partial charge in [-0.1, -0.05) is 60.7 Å². The lowest BCUT2D eigenvalue weighted by Crippen LogP contribution is -2.31. The summed E-state index contributed by atoms with van der Waals surface area (Å²) in [5.74, 6) is -1.19. The van der Waals surface area contributed by atoms with Gasteiger partial charge >= 0.3 is 0 Å². The maximum atomic E-state index is 14.0. The Balaban J connectivity index is 1.28. The molecular formula is C41H27F2N2O+. The zero-order chi connectivity index (χ0) is 31.1. The van der Waals surface area contributed by atoms with Crippen LogP contribution in [0.4, 0.5) is 8.78 Å². The molecule has 0 saturated heterocycles. The fourth-order valence-electron chi connectivity index (χ4n) is 7.10. The van der Waals surface area contributed by atoms with Crippen molar-refractivity contribution >= 4 is 54.5 Å². The van der Waals surface area contributed by atoms with E-state index in [9.17, 15) is 8.78 Å². The fourth-order valence-corrected chi connectivity index (χ4v) is 7.10. The molecule has 0 N–H and O–H groups in total. The molecule has 5 heteroatoms. The van der Waals surface area contributed by atoms with Crippen LogP contribution in [0.25, 0.3) is 82.6 Å². The quantitative estimate of drug-likeness (QED) is 0.185. The Hall–Kier alpha value is -5.81. The number of benzene rings is 6. The van der Waals surface area contributed by atoms with E-state index in [1.165, 1.54) is 22.9 Å². The van der Waals surface area contributed by atoms with E-state index < -0.39 is 11.6 Å². The molecule has 46 heavy (non-hydrogen) atoms. The van der Waals surface area contributed by atoms with Crippen molar-refractivity contribution in [3.63, 3.8) is 0 Å². The molecule has 3 nitrogen and oxygen atoms in total. The molecule has 0 aliphatic carbocycles. The van der Waals surface area contributed by atoms with Crippen molar-refractivity contribution in [2.24, 2.45) is 7.05 Å². The molecule has 6 aromatic carbocycles. The highest BCUT2D eigenvalue weighted by Gasteiger charge is 2.24. The lowest BCUT2D eigenvalue weighted by molar-refractivity contribution is -0.659. The van der Waals surface area contributed by atoms with E-state index in [-0.39, 0.29) is 0 Å². The van der Waals surface area contributed by atoms with E-state index in [4.69, 9.17) is 4.42 Å². The molecule has 0 fully saturated rings. The number of hydrogen-bond acceptors (Lipinski definition) is 1. The molecule has 9 aromatic rings. The third kappa shape index (κ3) is 3.91. The van der Waals surface area contributed by atoms with Gasteiger partial charge in [-0.2, -0.15) is 4.57 Å². The van der Waals surface area contributed by atoms with Gasteiger partial charge in [0.15, 0.2) is 6.20 Å². The number of pyridine rings is 1. The first-order valence-electron chi connectivity index (χ1n) is 15.3. The molecule has 0 bridgehead atoms. The van der Waals surface area contributed by atoms with Crippen LogP contribution in [0.5, 0.6) is 0 Å². The summed E-state index contributed by atoms with van der Waals surface area (Å²) in [7, 11) is 2.09. The normalized spacial score (nSPS) is 11.9. The molecule has 3 heterocycles. The number of para-hydroxylation sites is 2. The highest BCUT2D eigenvalue weighted by Crippen LogP contribution is 2.41. The summed E-state index contributed by atoms with van der Waals surface area (Å²) in [6.07, 6.45) is 2.21. The van der Waals surface area contributed by atoms with Gasteiger partial charge < -0.3 is 8.98 Å². The third-order valence-electron chi connectivity index (χ3n) is 9.23. The second kappa shape index (κ2) is 9.85. The van der Waals surface area contributed by atoms with Crippen molar-refractivity contribution < 1.29 is 17.8 Å². The van der Waals surface area contributed by atoms with E-state index in [2.05, 4.69) is 108 Å². The van der Waals surface area contributed by atoms with Gasteiger partial charge in [0.25, 0.3) is 0 Å². The molecule has 0 atom stereocenters. The van der Waals surface area contributed by atoms with Crippen LogP contribution in [0.2, 0.25) is 0 Å². The van der Waals surface area contributed by atoms with E-state index in [0.29, 0.717) is 5.56 Å². The lowest BCUT2D eigenvalue weighted by Gasteiger charge is -2.08. The van der Waals surface area contributed by atoms with Crippen LogP contribution in [-0.4, -0.2) is 4.57 Å². The molecule has 0 aliphatic rings. The number of aryl methyl sites for hydroxylation is 2. The van der Waals surface area contributed by atoms with Crippen LogP contribution in [-0.2, 0) is 7.05 Å². The number of fused-ring (bicyclic) bond motifs is 8. The highest BCUT2D eigenvalue weighted by atomic mass is 19.1. The van der Waals surface area contributed by atoms with Gasteiger partial charge in [0.1, 0.15) is 35.4 Å². The average molecular weight is 602 g/mol. The summed E-state index contributed by atoms with van der Waals surface area (Å²) in [5.41, 5.74) is 9.51. The number of aromatic nitrogens is 2. The maximum Gasteiger partial charge on any atom is 0.217 e. The summed E-state index contributed by atoms with van der Waals surface area (Å²) < 4.78 is 39.3. The average Bonchev–Trinajstić information content (AvgIpc) is 3.59. The molecule has 0 radical (unpaired) electrons. The smallest absolute Gasteiger partial charge is 0.217 e. The van der Waals surface area contributed by atoms with Crippen molar-refractivity contribution in [2.75, 3.05) is 0 Å². The Morgan fingerprint density at radius 1 is 0.587 bits per heavy atom. The first-order chi connectivity index (χ1) is 22.4. The standard InChI is InChI=1S/C41H27F2N2O/c1-24-12-15-34-33-17-14-26-18-25(27-19-28(42)21-29(43)20-27)13-16-31(26)40(33)46-41(34)39(24)37-22-35-32-10-6-7-11-36(32)45(38(35)23-44(37)2)30-8-4-3-5-9-30/h3-23H,1-2H3/q+1. The van der Waals surface area contributed by atoms with E-state index in [0.717, 1.165) is 77.9 Å². The summed E-state index contributed by atoms with van der Waals surface area (Å²) >= 11 is 0. The minimum atomic E-state index is -0.596. The first kappa shape index (κ1) is 26.6. The highest BCUT2D eigenvalue weighted by molar-refractivity contribution is 6.18. The van der Waals surface area contributed by atoms with E-state index in [1.807, 2.05) is 24.3 Å². The monoisotopic (exact) mass is 601 g/mol. The van der Waals surface area contributed by atoms with Crippen LogP contribution < -0.4 is 4.57 Å². The van der Waals surface area contributed by atoms with Gasteiger partial charge in [-0.3, -0.25) is 0 Å². The lowest BCUT2D eigenvalue weighted by atomic mass is 9.97. The molecule has 3 aromatic heterocycles. The van der Waals surface area contributed by atoms with Gasteiger partial charge in [-0.25, -0.2) is 8.78 Å². The van der Waals surface area contributed by atoms with Crippen LogP contribution >= 0.6 is 0 Å². The minimum absolute atomic E-state index is 0.499. The third-order valence-corrected chi connectivity index (χ3v) is 9.23. The molecule has 0 amide bonds. The SMILES string of the molecule is Cc1ccc2c(oc3c4ccc(-c5cc(F)cc(F)c5)cc4ccc23)c1-c1cc2c3ccccc3n(-c3ccccc3)c2c[n+]1C. The van der Waals surface area contributed by atoms with Crippen LogP contribution in [0.1, 0.15) is 5.56 Å². The molecule has 0 saturated carbocycles. The van der Waals surface area contributed by atoms with Gasteiger partial charge in [0.2, 0.25) is 5.69 Å². The van der Waals surface area contributed by atoms with Gasteiger partial charge in [0, 0.05) is 44.8 Å². The molecular weight excluding hydrogens is 574 g/mol. The number of rotatable bonds is 3. The van der Waals surface area contributed by atoms with Crippen molar-refractivity contribution in [1.82, 2.24) is 4.57 Å². The first-order valence-corrected chi connectivity index (χ1v) is 15.3. The zero-order valence-electron chi connectivity index (χ0n) is 25.2. The molecule has 9 rings (SSSR count). The second-order valence-corrected chi connectivity index (χ2v) is 12.0. The van der Waals surface area contributed by atoms with Crippen LogP contribution in [0, 0.1) is 18.6 Å². The predicted molar refractivity (Wildman–Crippen MR) is 182 cm³/mol. The molecule has 0 aliphatic heterocycles. The van der Waals surface area contributed by atoms with Gasteiger partial charge in [0.05, 0.1) is 11.1 Å². The number of halogens is 2. The predicted octanol–water partition coefficient (Wildman–Crippen LogP) is 10.6. The summed E-state index contributed by atoms with van der Waals surface area (Å²) in [5, 5.41) is 6.32. The Labute approximate surface area is 263 Å².